The Balaban J connectivity index is 2.19. The second-order valence-electron chi connectivity index (χ2n) is 4.62. The number of thiazole rings is 1. The van der Waals surface area contributed by atoms with Crippen LogP contribution in [0.1, 0.15) is 21.5 Å². The zero-order chi connectivity index (χ0) is 14.7. The maximum Gasteiger partial charge on any atom is 0.239 e. The lowest BCUT2D eigenvalue weighted by Gasteiger charge is -2.25. The van der Waals surface area contributed by atoms with E-state index in [0.717, 1.165) is 9.88 Å². The minimum Gasteiger partial charge on any atom is -0.368 e. The van der Waals surface area contributed by atoms with E-state index in [2.05, 4.69) is 4.98 Å². The summed E-state index contributed by atoms with van der Waals surface area (Å²) in [4.78, 5) is 18.8. The van der Waals surface area contributed by atoms with Gasteiger partial charge in [0, 0.05) is 17.6 Å². The lowest BCUT2D eigenvalue weighted by atomic mass is 10.1. The molecule has 2 N–H and O–H groups in total. The van der Waals surface area contributed by atoms with E-state index in [1.807, 2.05) is 18.9 Å². The number of aromatic nitrogens is 1. The van der Waals surface area contributed by atoms with Crippen LogP contribution in [0.4, 0.5) is 4.39 Å². The zero-order valence-electron chi connectivity index (χ0n) is 11.3. The lowest BCUT2D eigenvalue weighted by Crippen LogP contribution is -2.34. The summed E-state index contributed by atoms with van der Waals surface area (Å²) in [5.74, 6) is -0.793. The van der Waals surface area contributed by atoms with Crippen LogP contribution in [0.25, 0.3) is 0 Å². The van der Waals surface area contributed by atoms with Crippen LogP contribution < -0.4 is 5.73 Å². The van der Waals surface area contributed by atoms with Crippen molar-refractivity contribution in [1.82, 2.24) is 9.88 Å². The van der Waals surface area contributed by atoms with Crippen molar-refractivity contribution in [1.29, 1.82) is 0 Å². The number of nitrogens with zero attached hydrogens (tertiary/aromatic N) is 2. The summed E-state index contributed by atoms with van der Waals surface area (Å²) in [5, 5.41) is 0.978. The molecule has 0 saturated heterocycles. The van der Waals surface area contributed by atoms with Crippen LogP contribution in [-0.2, 0) is 11.3 Å². The molecule has 0 aliphatic heterocycles. The topological polar surface area (TPSA) is 59.2 Å². The lowest BCUT2D eigenvalue weighted by molar-refractivity contribution is -0.123. The van der Waals surface area contributed by atoms with Crippen molar-refractivity contribution in [2.24, 2.45) is 5.73 Å². The summed E-state index contributed by atoms with van der Waals surface area (Å²) < 4.78 is 13.0. The molecular formula is C14H16FN3OS. The highest BCUT2D eigenvalue weighted by Crippen LogP contribution is 2.23. The first-order valence-corrected chi connectivity index (χ1v) is 6.95. The van der Waals surface area contributed by atoms with Gasteiger partial charge in [0.1, 0.15) is 11.9 Å². The highest BCUT2D eigenvalue weighted by atomic mass is 32.1. The number of nitrogens with two attached hydrogens (primary N) is 1. The molecule has 1 heterocycles. The molecule has 4 nitrogen and oxygen atoms in total. The maximum atomic E-state index is 13.0. The van der Waals surface area contributed by atoms with Gasteiger partial charge < -0.3 is 5.73 Å². The van der Waals surface area contributed by atoms with E-state index in [9.17, 15) is 9.18 Å². The van der Waals surface area contributed by atoms with E-state index < -0.39 is 11.9 Å². The van der Waals surface area contributed by atoms with Crippen molar-refractivity contribution in [3.8, 4) is 0 Å². The quantitative estimate of drug-likeness (QED) is 0.920. The van der Waals surface area contributed by atoms with Crippen molar-refractivity contribution < 1.29 is 9.18 Å². The highest BCUT2D eigenvalue weighted by molar-refractivity contribution is 7.11. The first-order valence-electron chi connectivity index (χ1n) is 6.13. The Bertz CT molecular complexity index is 597. The second-order valence-corrected chi connectivity index (χ2v) is 5.94. The van der Waals surface area contributed by atoms with Crippen molar-refractivity contribution in [2.75, 3.05) is 7.05 Å². The van der Waals surface area contributed by atoms with E-state index in [-0.39, 0.29) is 5.82 Å². The van der Waals surface area contributed by atoms with Crippen LogP contribution in [-0.4, -0.2) is 22.8 Å². The van der Waals surface area contributed by atoms with Crippen LogP contribution in [0.3, 0.4) is 0 Å². The number of likely N-dealkylation sites (N-methyl/N-ethyl adjacent to an activating group) is 1. The number of halogens is 1. The van der Waals surface area contributed by atoms with Gasteiger partial charge in [0.25, 0.3) is 0 Å². The van der Waals surface area contributed by atoms with E-state index in [1.54, 1.807) is 29.7 Å². The molecule has 106 valence electrons. The largest absolute Gasteiger partial charge is 0.368 e. The van der Waals surface area contributed by atoms with Gasteiger partial charge in [-0.15, -0.1) is 11.3 Å². The summed E-state index contributed by atoms with van der Waals surface area (Å²) in [6.07, 6.45) is 1.79. The molecule has 0 aliphatic rings. The summed E-state index contributed by atoms with van der Waals surface area (Å²) in [6, 6.07) is 5.24. The third-order valence-corrected chi connectivity index (χ3v) is 3.87. The normalized spacial score (nSPS) is 12.6. The number of carbonyl (C=O) groups is 1. The van der Waals surface area contributed by atoms with Gasteiger partial charge >= 0.3 is 0 Å². The fourth-order valence-corrected chi connectivity index (χ4v) is 2.95. The molecular weight excluding hydrogens is 277 g/mol. The Morgan fingerprint density at radius 3 is 2.60 bits per heavy atom. The fraction of sp³-hybridized carbons (Fsp3) is 0.286. The Labute approximate surface area is 121 Å². The second kappa shape index (κ2) is 6.11. The number of amides is 1. The van der Waals surface area contributed by atoms with Crippen LogP contribution in [0.15, 0.2) is 30.5 Å². The van der Waals surface area contributed by atoms with E-state index in [0.29, 0.717) is 12.1 Å². The molecule has 0 fully saturated rings. The first kappa shape index (κ1) is 14.6. The maximum absolute atomic E-state index is 13.0. The summed E-state index contributed by atoms with van der Waals surface area (Å²) in [6.45, 7) is 2.50. The van der Waals surface area contributed by atoms with Crippen molar-refractivity contribution in [2.45, 2.75) is 19.5 Å². The van der Waals surface area contributed by atoms with Gasteiger partial charge in [-0.25, -0.2) is 9.37 Å². The van der Waals surface area contributed by atoms with Gasteiger partial charge in [-0.05, 0) is 31.7 Å². The summed E-state index contributed by atoms with van der Waals surface area (Å²) in [5.41, 5.74) is 6.16. The Hall–Kier alpha value is -1.79. The number of rotatable bonds is 5. The van der Waals surface area contributed by atoms with Crippen LogP contribution in [0.5, 0.6) is 0 Å². The molecule has 0 spiro atoms. The Kier molecular flexibility index (Phi) is 4.46. The smallest absolute Gasteiger partial charge is 0.239 e. The molecule has 0 aliphatic carbocycles. The van der Waals surface area contributed by atoms with E-state index >= 15 is 0 Å². The van der Waals surface area contributed by atoms with E-state index in [1.165, 1.54) is 12.1 Å². The van der Waals surface area contributed by atoms with Gasteiger partial charge in [-0.2, -0.15) is 0 Å². The average Bonchev–Trinajstić information content (AvgIpc) is 2.77. The number of benzene rings is 1. The molecule has 0 saturated carbocycles. The molecule has 2 rings (SSSR count). The number of primary amides is 1. The first-order chi connectivity index (χ1) is 9.47. The van der Waals surface area contributed by atoms with Crippen LogP contribution in [0.2, 0.25) is 0 Å². The van der Waals surface area contributed by atoms with Crippen molar-refractivity contribution >= 4 is 17.2 Å². The zero-order valence-corrected chi connectivity index (χ0v) is 12.2. The number of aryl methyl sites for hydroxylation is 1. The van der Waals surface area contributed by atoms with Crippen molar-refractivity contribution in [3.63, 3.8) is 0 Å². The standard InChI is InChI=1S/C14H16FN3OS/c1-9-17-7-12(20-9)8-18(2)13(14(16)19)10-3-5-11(15)6-4-10/h3-7,13H,8H2,1-2H3,(H2,16,19). The average molecular weight is 293 g/mol. The van der Waals surface area contributed by atoms with Crippen LogP contribution in [0, 0.1) is 12.7 Å². The number of hydrogen-bond acceptors (Lipinski definition) is 4. The predicted octanol–water partition coefficient (Wildman–Crippen LogP) is 2.25. The monoisotopic (exact) mass is 293 g/mol. The summed E-state index contributed by atoms with van der Waals surface area (Å²) >= 11 is 1.58. The molecule has 20 heavy (non-hydrogen) atoms. The van der Waals surface area contributed by atoms with Gasteiger partial charge in [-0.1, -0.05) is 12.1 Å². The molecule has 6 heteroatoms. The predicted molar refractivity (Wildman–Crippen MR) is 76.7 cm³/mol. The molecule has 1 unspecified atom stereocenters. The number of hydrogen-bond donors (Lipinski definition) is 1. The molecule has 0 radical (unpaired) electrons. The molecule has 1 aromatic carbocycles. The molecule has 1 amide bonds. The molecule has 1 aromatic heterocycles. The van der Waals surface area contributed by atoms with Gasteiger partial charge in [-0.3, -0.25) is 9.69 Å². The minimum atomic E-state index is -0.585. The van der Waals surface area contributed by atoms with E-state index in [4.69, 9.17) is 5.73 Å². The highest BCUT2D eigenvalue weighted by Gasteiger charge is 2.23. The Morgan fingerprint density at radius 2 is 2.10 bits per heavy atom. The fourth-order valence-electron chi connectivity index (χ4n) is 2.10. The molecule has 1 atom stereocenters. The third kappa shape index (κ3) is 3.40. The molecule has 0 bridgehead atoms. The van der Waals surface area contributed by atoms with Gasteiger partial charge in [0.2, 0.25) is 5.91 Å². The minimum absolute atomic E-state index is 0.335. The molecule has 2 aromatic rings. The SMILES string of the molecule is Cc1ncc(CN(C)C(C(N)=O)c2ccc(F)cc2)s1. The van der Waals surface area contributed by atoms with Gasteiger partial charge in [0.15, 0.2) is 0 Å². The van der Waals surface area contributed by atoms with Crippen molar-refractivity contribution in [3.05, 3.63) is 51.7 Å². The van der Waals surface area contributed by atoms with Crippen LogP contribution >= 0.6 is 11.3 Å². The van der Waals surface area contributed by atoms with Gasteiger partial charge in [0.05, 0.1) is 5.01 Å². The Morgan fingerprint density at radius 1 is 1.45 bits per heavy atom. The third-order valence-electron chi connectivity index (χ3n) is 2.97. The number of carbonyl (C=O) groups excluding carboxylic acids is 1. The summed E-state index contributed by atoms with van der Waals surface area (Å²) in [7, 11) is 1.81.